The maximum absolute atomic E-state index is 13.6. The lowest BCUT2D eigenvalue weighted by Gasteiger charge is -2.22. The minimum Gasteiger partial charge on any atom is -0.347 e. The molecule has 0 aliphatic rings. The lowest BCUT2D eigenvalue weighted by molar-refractivity contribution is -0.119. The summed E-state index contributed by atoms with van der Waals surface area (Å²) in [6, 6.07) is 12.7. The molecule has 0 saturated carbocycles. The minimum absolute atomic E-state index is 0.0249. The second kappa shape index (κ2) is 8.80. The van der Waals surface area contributed by atoms with Gasteiger partial charge in [0.25, 0.3) is 0 Å². The van der Waals surface area contributed by atoms with Gasteiger partial charge in [-0.05, 0) is 37.9 Å². The normalized spacial score (nSPS) is 12.2. The van der Waals surface area contributed by atoms with E-state index >= 15 is 0 Å². The molecule has 3 nitrogen and oxygen atoms in total. The number of benzene rings is 2. The van der Waals surface area contributed by atoms with Crippen molar-refractivity contribution in [3.05, 3.63) is 65.7 Å². The van der Waals surface area contributed by atoms with Gasteiger partial charge in [0.1, 0.15) is 11.6 Å². The Morgan fingerprint density at radius 3 is 2.54 bits per heavy atom. The topological polar surface area (TPSA) is 32.3 Å². The maximum atomic E-state index is 13.6. The first-order valence-corrected chi connectivity index (χ1v) is 8.51. The van der Waals surface area contributed by atoms with Crippen LogP contribution in [0.3, 0.4) is 0 Å². The van der Waals surface area contributed by atoms with Crippen molar-refractivity contribution in [1.29, 1.82) is 0 Å². The number of thioether (sulfide) groups is 1. The largest absolute Gasteiger partial charge is 0.347 e. The first-order chi connectivity index (χ1) is 11.5. The van der Waals surface area contributed by atoms with E-state index in [2.05, 4.69) is 5.32 Å². The fourth-order valence-electron chi connectivity index (χ4n) is 2.25. The zero-order chi connectivity index (χ0) is 17.5. The van der Waals surface area contributed by atoms with Gasteiger partial charge in [0, 0.05) is 11.4 Å². The van der Waals surface area contributed by atoms with Crippen molar-refractivity contribution in [1.82, 2.24) is 10.2 Å². The molecule has 0 bridgehead atoms. The van der Waals surface area contributed by atoms with Gasteiger partial charge < -0.3 is 10.2 Å². The maximum Gasteiger partial charge on any atom is 0.230 e. The Hall–Kier alpha value is -1.92. The van der Waals surface area contributed by atoms with Gasteiger partial charge in [0.2, 0.25) is 5.91 Å². The molecule has 2 aromatic carbocycles. The van der Waals surface area contributed by atoms with Crippen LogP contribution in [0.4, 0.5) is 8.78 Å². The van der Waals surface area contributed by atoms with Gasteiger partial charge in [-0.2, -0.15) is 0 Å². The van der Waals surface area contributed by atoms with Crippen molar-refractivity contribution in [2.45, 2.75) is 10.9 Å². The van der Waals surface area contributed by atoms with E-state index in [4.69, 9.17) is 0 Å². The van der Waals surface area contributed by atoms with E-state index in [1.165, 1.54) is 0 Å². The van der Waals surface area contributed by atoms with Gasteiger partial charge in [0.15, 0.2) is 0 Å². The van der Waals surface area contributed by atoms with E-state index in [0.29, 0.717) is 6.54 Å². The number of rotatable bonds is 7. The summed E-state index contributed by atoms with van der Waals surface area (Å²) in [7, 11) is 3.86. The number of likely N-dealkylation sites (N-methyl/N-ethyl adjacent to an activating group) is 1. The van der Waals surface area contributed by atoms with E-state index in [0.717, 1.165) is 35.5 Å². The lowest BCUT2D eigenvalue weighted by Crippen LogP contribution is -2.36. The molecule has 24 heavy (non-hydrogen) atoms. The fourth-order valence-corrected chi connectivity index (χ4v) is 3.02. The fraction of sp³-hybridized carbons (Fsp3) is 0.278. The zero-order valence-electron chi connectivity index (χ0n) is 13.6. The molecule has 128 valence electrons. The SMILES string of the molecule is CN(C)C[C@@H](NC(=O)CSc1cc(F)ccc1F)c1ccccc1. The van der Waals surface area contributed by atoms with E-state index in [1.54, 1.807) is 0 Å². The molecule has 0 aliphatic heterocycles. The van der Waals surface area contributed by atoms with Crippen molar-refractivity contribution >= 4 is 17.7 Å². The molecule has 0 spiro atoms. The number of nitrogens with one attached hydrogen (secondary N) is 1. The van der Waals surface area contributed by atoms with Gasteiger partial charge in [-0.3, -0.25) is 4.79 Å². The summed E-state index contributed by atoms with van der Waals surface area (Å²) in [5, 5.41) is 2.95. The molecule has 0 aromatic heterocycles. The summed E-state index contributed by atoms with van der Waals surface area (Å²) in [5.74, 6) is -1.24. The third kappa shape index (κ3) is 5.62. The average Bonchev–Trinajstić information content (AvgIpc) is 2.55. The molecule has 2 rings (SSSR count). The van der Waals surface area contributed by atoms with E-state index < -0.39 is 11.6 Å². The Labute approximate surface area is 145 Å². The molecular formula is C18H20F2N2OS. The average molecular weight is 350 g/mol. The minimum atomic E-state index is -0.526. The highest BCUT2D eigenvalue weighted by Crippen LogP contribution is 2.23. The van der Waals surface area contributed by atoms with Crippen molar-refractivity contribution in [2.75, 3.05) is 26.4 Å². The Kier molecular flexibility index (Phi) is 6.75. The molecular weight excluding hydrogens is 330 g/mol. The van der Waals surface area contributed by atoms with Crippen LogP contribution in [-0.2, 0) is 4.79 Å². The second-order valence-corrected chi connectivity index (χ2v) is 6.67. The third-order valence-corrected chi connectivity index (χ3v) is 4.37. The molecule has 0 aliphatic carbocycles. The number of carbonyl (C=O) groups is 1. The van der Waals surface area contributed by atoms with Crippen LogP contribution in [0.5, 0.6) is 0 Å². The zero-order valence-corrected chi connectivity index (χ0v) is 14.4. The first-order valence-electron chi connectivity index (χ1n) is 7.52. The Balaban J connectivity index is 1.99. The van der Waals surface area contributed by atoms with Gasteiger partial charge in [-0.1, -0.05) is 30.3 Å². The van der Waals surface area contributed by atoms with Crippen molar-refractivity contribution < 1.29 is 13.6 Å². The first kappa shape index (κ1) is 18.4. The standard InChI is InChI=1S/C18H20F2N2OS/c1-22(2)11-16(13-6-4-3-5-7-13)21-18(23)12-24-17-10-14(19)8-9-15(17)20/h3-10,16H,11-12H2,1-2H3,(H,21,23)/t16-/m1/s1. The van der Waals surface area contributed by atoms with Crippen LogP contribution in [0.25, 0.3) is 0 Å². The van der Waals surface area contributed by atoms with Gasteiger partial charge >= 0.3 is 0 Å². The van der Waals surface area contributed by atoms with Gasteiger partial charge in [-0.15, -0.1) is 11.8 Å². The predicted octanol–water partition coefficient (Wildman–Crippen LogP) is 3.48. The van der Waals surface area contributed by atoms with Crippen LogP contribution in [-0.4, -0.2) is 37.2 Å². The quantitative estimate of drug-likeness (QED) is 0.776. The third-order valence-electron chi connectivity index (χ3n) is 3.34. The molecule has 2 aromatic rings. The summed E-state index contributed by atoms with van der Waals surface area (Å²) in [6.45, 7) is 0.648. The molecule has 1 amide bonds. The Bertz CT molecular complexity index is 680. The lowest BCUT2D eigenvalue weighted by atomic mass is 10.1. The van der Waals surface area contributed by atoms with Crippen LogP contribution in [0, 0.1) is 11.6 Å². The number of amides is 1. The summed E-state index contributed by atoms with van der Waals surface area (Å²) < 4.78 is 26.8. The van der Waals surface area contributed by atoms with Crippen molar-refractivity contribution in [3.63, 3.8) is 0 Å². The van der Waals surface area contributed by atoms with Crippen LogP contribution in [0.2, 0.25) is 0 Å². The van der Waals surface area contributed by atoms with Gasteiger partial charge in [-0.25, -0.2) is 8.78 Å². The predicted molar refractivity (Wildman–Crippen MR) is 93.0 cm³/mol. The summed E-state index contributed by atoms with van der Waals surface area (Å²) >= 11 is 0.985. The van der Waals surface area contributed by atoms with E-state index in [-0.39, 0.29) is 22.6 Å². The molecule has 1 N–H and O–H groups in total. The molecule has 1 atom stereocenters. The Morgan fingerprint density at radius 2 is 1.88 bits per heavy atom. The number of hydrogen-bond donors (Lipinski definition) is 1. The molecule has 0 fully saturated rings. The van der Waals surface area contributed by atoms with E-state index in [9.17, 15) is 13.6 Å². The van der Waals surface area contributed by atoms with Crippen LogP contribution < -0.4 is 5.32 Å². The van der Waals surface area contributed by atoms with Crippen molar-refractivity contribution in [2.24, 2.45) is 0 Å². The number of halogens is 2. The molecule has 6 heteroatoms. The summed E-state index contributed by atoms with van der Waals surface area (Å²) in [5.41, 5.74) is 1.00. The van der Waals surface area contributed by atoms with Crippen LogP contribution in [0.15, 0.2) is 53.4 Å². The summed E-state index contributed by atoms with van der Waals surface area (Å²) in [4.78, 5) is 14.3. The highest BCUT2D eigenvalue weighted by molar-refractivity contribution is 8.00. The second-order valence-electron chi connectivity index (χ2n) is 5.66. The number of nitrogens with zero attached hydrogens (tertiary/aromatic N) is 1. The molecule has 0 unspecified atom stereocenters. The van der Waals surface area contributed by atoms with Crippen molar-refractivity contribution in [3.8, 4) is 0 Å². The smallest absolute Gasteiger partial charge is 0.230 e. The monoisotopic (exact) mass is 350 g/mol. The summed E-state index contributed by atoms with van der Waals surface area (Å²) in [6.07, 6.45) is 0. The number of carbonyl (C=O) groups excluding carboxylic acids is 1. The number of hydrogen-bond acceptors (Lipinski definition) is 3. The highest BCUT2D eigenvalue weighted by atomic mass is 32.2. The van der Waals surface area contributed by atoms with Gasteiger partial charge in [0.05, 0.1) is 11.8 Å². The molecule has 0 heterocycles. The Morgan fingerprint density at radius 1 is 1.17 bits per heavy atom. The van der Waals surface area contributed by atoms with Crippen LogP contribution in [0.1, 0.15) is 11.6 Å². The van der Waals surface area contributed by atoms with Crippen LogP contribution >= 0.6 is 11.8 Å². The van der Waals surface area contributed by atoms with E-state index in [1.807, 2.05) is 49.3 Å². The molecule has 0 radical (unpaired) electrons. The molecule has 0 saturated heterocycles. The highest BCUT2D eigenvalue weighted by Gasteiger charge is 2.16.